The maximum Gasteiger partial charge on any atom is 0.270 e. The lowest BCUT2D eigenvalue weighted by atomic mass is 9.96. The van der Waals surface area contributed by atoms with Crippen LogP contribution in [0.5, 0.6) is 0 Å². The number of nitrogens with two attached hydrogens (primary N) is 1. The van der Waals surface area contributed by atoms with Crippen molar-refractivity contribution < 1.29 is 9.59 Å². The Labute approximate surface area is 127 Å². The number of aromatic amines is 1. The van der Waals surface area contributed by atoms with Gasteiger partial charge in [0.2, 0.25) is 5.91 Å². The Balaban J connectivity index is 1.78. The molecule has 0 unspecified atom stereocenters. The number of para-hydroxylation sites is 1. The van der Waals surface area contributed by atoms with Crippen molar-refractivity contribution in [3.8, 4) is 0 Å². The van der Waals surface area contributed by atoms with E-state index >= 15 is 0 Å². The van der Waals surface area contributed by atoms with E-state index in [1.807, 2.05) is 18.2 Å². The van der Waals surface area contributed by atoms with Crippen LogP contribution in [-0.4, -0.2) is 34.8 Å². The van der Waals surface area contributed by atoms with Crippen molar-refractivity contribution in [2.24, 2.45) is 11.7 Å². The number of aromatic nitrogens is 1. The van der Waals surface area contributed by atoms with Gasteiger partial charge >= 0.3 is 0 Å². The number of piperidine rings is 1. The lowest BCUT2D eigenvalue weighted by Gasteiger charge is -2.30. The van der Waals surface area contributed by atoms with Crippen molar-refractivity contribution in [2.45, 2.75) is 12.8 Å². The molecule has 2 heterocycles. The standard InChI is InChI=1S/C15H16ClN3O2/c16-11-3-1-2-10-8-12(18-13(10)11)15(21)19-6-4-9(5-7-19)14(17)20/h1-3,8-9,18H,4-7H2,(H2,17,20). The predicted octanol–water partition coefficient (Wildman–Crippen LogP) is 2.16. The summed E-state index contributed by atoms with van der Waals surface area (Å²) in [6.07, 6.45) is 1.25. The molecule has 1 aromatic carbocycles. The van der Waals surface area contributed by atoms with Crippen LogP contribution in [0.3, 0.4) is 0 Å². The molecule has 0 spiro atoms. The Morgan fingerprint density at radius 2 is 2.00 bits per heavy atom. The molecule has 0 radical (unpaired) electrons. The molecule has 0 bridgehead atoms. The van der Waals surface area contributed by atoms with E-state index in [1.54, 1.807) is 11.0 Å². The molecule has 0 aliphatic carbocycles. The number of carbonyl (C=O) groups excluding carboxylic acids is 2. The number of benzene rings is 1. The van der Waals surface area contributed by atoms with Crippen LogP contribution in [0.4, 0.5) is 0 Å². The first kappa shape index (κ1) is 13.9. The van der Waals surface area contributed by atoms with E-state index in [9.17, 15) is 9.59 Å². The lowest BCUT2D eigenvalue weighted by Crippen LogP contribution is -2.41. The van der Waals surface area contributed by atoms with Gasteiger partial charge in [0, 0.05) is 24.4 Å². The molecule has 2 aromatic rings. The maximum atomic E-state index is 12.5. The average molecular weight is 306 g/mol. The zero-order valence-electron chi connectivity index (χ0n) is 11.4. The molecule has 3 N–H and O–H groups in total. The topological polar surface area (TPSA) is 79.2 Å². The number of nitrogens with zero attached hydrogens (tertiary/aromatic N) is 1. The van der Waals surface area contributed by atoms with Crippen LogP contribution in [-0.2, 0) is 4.79 Å². The quantitative estimate of drug-likeness (QED) is 0.891. The Morgan fingerprint density at radius 1 is 1.29 bits per heavy atom. The lowest BCUT2D eigenvalue weighted by molar-refractivity contribution is -0.123. The van der Waals surface area contributed by atoms with Crippen molar-refractivity contribution in [1.82, 2.24) is 9.88 Å². The minimum absolute atomic E-state index is 0.0646. The first-order chi connectivity index (χ1) is 10.1. The highest BCUT2D eigenvalue weighted by Crippen LogP contribution is 2.25. The normalized spacial score (nSPS) is 16.3. The van der Waals surface area contributed by atoms with Gasteiger partial charge in [-0.15, -0.1) is 0 Å². The first-order valence-corrected chi connectivity index (χ1v) is 7.30. The van der Waals surface area contributed by atoms with Gasteiger partial charge in [0.25, 0.3) is 5.91 Å². The van der Waals surface area contributed by atoms with E-state index in [0.29, 0.717) is 36.6 Å². The van der Waals surface area contributed by atoms with Gasteiger partial charge in [-0.3, -0.25) is 9.59 Å². The highest BCUT2D eigenvalue weighted by molar-refractivity contribution is 6.35. The molecular weight excluding hydrogens is 290 g/mol. The van der Waals surface area contributed by atoms with E-state index in [1.165, 1.54) is 0 Å². The van der Waals surface area contributed by atoms with E-state index in [4.69, 9.17) is 17.3 Å². The summed E-state index contributed by atoms with van der Waals surface area (Å²) in [6.45, 7) is 1.10. The molecule has 2 amide bonds. The van der Waals surface area contributed by atoms with Crippen molar-refractivity contribution >= 4 is 34.3 Å². The molecule has 110 valence electrons. The molecule has 1 aliphatic rings. The SMILES string of the molecule is NC(=O)C1CCN(C(=O)c2cc3cccc(Cl)c3[nH]2)CC1. The Morgan fingerprint density at radius 3 is 2.62 bits per heavy atom. The third kappa shape index (κ3) is 2.61. The van der Waals surface area contributed by atoms with Crippen LogP contribution >= 0.6 is 11.6 Å². The number of amides is 2. The minimum atomic E-state index is -0.278. The largest absolute Gasteiger partial charge is 0.369 e. The van der Waals surface area contributed by atoms with Crippen molar-refractivity contribution in [3.63, 3.8) is 0 Å². The van der Waals surface area contributed by atoms with Crippen LogP contribution in [0.1, 0.15) is 23.3 Å². The number of primary amides is 1. The van der Waals surface area contributed by atoms with E-state index in [2.05, 4.69) is 4.98 Å². The van der Waals surface area contributed by atoms with Crippen LogP contribution in [0.25, 0.3) is 10.9 Å². The van der Waals surface area contributed by atoms with Gasteiger partial charge in [0.1, 0.15) is 5.69 Å². The number of rotatable bonds is 2. The van der Waals surface area contributed by atoms with E-state index in [-0.39, 0.29) is 17.7 Å². The van der Waals surface area contributed by atoms with Crippen LogP contribution in [0.2, 0.25) is 5.02 Å². The molecule has 0 saturated carbocycles. The number of H-pyrrole nitrogens is 1. The van der Waals surface area contributed by atoms with Gasteiger partial charge in [-0.2, -0.15) is 0 Å². The summed E-state index contributed by atoms with van der Waals surface area (Å²) >= 11 is 6.11. The van der Waals surface area contributed by atoms with Crippen molar-refractivity contribution in [2.75, 3.05) is 13.1 Å². The summed E-state index contributed by atoms with van der Waals surface area (Å²) in [5.41, 5.74) is 6.60. The minimum Gasteiger partial charge on any atom is -0.369 e. The second kappa shape index (κ2) is 5.41. The molecule has 1 aliphatic heterocycles. The van der Waals surface area contributed by atoms with Crippen LogP contribution in [0, 0.1) is 5.92 Å². The third-order valence-electron chi connectivity index (χ3n) is 4.02. The third-order valence-corrected chi connectivity index (χ3v) is 4.34. The summed E-state index contributed by atoms with van der Waals surface area (Å²) in [7, 11) is 0. The number of halogens is 1. The number of likely N-dealkylation sites (tertiary alicyclic amines) is 1. The summed E-state index contributed by atoms with van der Waals surface area (Å²) in [5.74, 6) is -0.462. The molecule has 0 atom stereocenters. The zero-order valence-corrected chi connectivity index (χ0v) is 12.2. The van der Waals surface area contributed by atoms with Gasteiger partial charge in [-0.1, -0.05) is 23.7 Å². The van der Waals surface area contributed by atoms with E-state index < -0.39 is 0 Å². The van der Waals surface area contributed by atoms with Gasteiger partial charge in [0.15, 0.2) is 0 Å². The number of hydrogen-bond donors (Lipinski definition) is 2. The summed E-state index contributed by atoms with van der Waals surface area (Å²) in [6, 6.07) is 7.36. The van der Waals surface area contributed by atoms with Gasteiger partial charge in [0.05, 0.1) is 10.5 Å². The first-order valence-electron chi connectivity index (χ1n) is 6.92. The van der Waals surface area contributed by atoms with Gasteiger partial charge < -0.3 is 15.6 Å². The maximum absolute atomic E-state index is 12.5. The number of fused-ring (bicyclic) bond motifs is 1. The highest BCUT2D eigenvalue weighted by Gasteiger charge is 2.27. The Bertz CT molecular complexity index is 702. The fraction of sp³-hybridized carbons (Fsp3) is 0.333. The zero-order chi connectivity index (χ0) is 15.0. The summed E-state index contributed by atoms with van der Waals surface area (Å²) < 4.78 is 0. The van der Waals surface area contributed by atoms with E-state index in [0.717, 1.165) is 10.9 Å². The highest BCUT2D eigenvalue weighted by atomic mass is 35.5. The van der Waals surface area contributed by atoms with Crippen LogP contribution < -0.4 is 5.73 Å². The van der Waals surface area contributed by atoms with Crippen molar-refractivity contribution in [1.29, 1.82) is 0 Å². The molecule has 3 rings (SSSR count). The average Bonchev–Trinajstić information content (AvgIpc) is 2.92. The van der Waals surface area contributed by atoms with Gasteiger partial charge in [-0.25, -0.2) is 0 Å². The number of hydrogen-bond acceptors (Lipinski definition) is 2. The Hall–Kier alpha value is -2.01. The number of carbonyl (C=O) groups is 2. The molecule has 21 heavy (non-hydrogen) atoms. The molecule has 5 nitrogen and oxygen atoms in total. The number of nitrogens with one attached hydrogen (secondary N) is 1. The van der Waals surface area contributed by atoms with Crippen molar-refractivity contribution in [3.05, 3.63) is 35.0 Å². The Kier molecular flexibility index (Phi) is 3.59. The molecule has 1 fully saturated rings. The monoisotopic (exact) mass is 305 g/mol. The molecular formula is C15H16ClN3O2. The van der Waals surface area contributed by atoms with Gasteiger partial charge in [-0.05, 0) is 25.0 Å². The fourth-order valence-corrected chi connectivity index (χ4v) is 3.00. The van der Waals surface area contributed by atoms with Crippen LogP contribution in [0.15, 0.2) is 24.3 Å². The fourth-order valence-electron chi connectivity index (χ4n) is 2.77. The molecule has 1 aromatic heterocycles. The molecule has 6 heteroatoms. The second-order valence-electron chi connectivity index (χ2n) is 5.36. The predicted molar refractivity (Wildman–Crippen MR) is 81.1 cm³/mol. The molecule has 1 saturated heterocycles. The summed E-state index contributed by atoms with van der Waals surface area (Å²) in [4.78, 5) is 28.5. The smallest absolute Gasteiger partial charge is 0.270 e. The summed E-state index contributed by atoms with van der Waals surface area (Å²) in [5, 5.41) is 1.51. The second-order valence-corrected chi connectivity index (χ2v) is 5.76.